The number of aryl methyl sites for hydroxylation is 3. The van der Waals surface area contributed by atoms with E-state index in [0.29, 0.717) is 5.82 Å². The second-order valence-electron chi connectivity index (χ2n) is 3.47. The first-order valence-corrected chi connectivity index (χ1v) is 5.73. The average molecular weight is 219 g/mol. The lowest BCUT2D eigenvalue weighted by Crippen LogP contribution is -1.94. The van der Waals surface area contributed by atoms with Gasteiger partial charge in [-0.3, -0.25) is 0 Å². The molecule has 0 radical (unpaired) electrons. The minimum atomic E-state index is 0.586. The summed E-state index contributed by atoms with van der Waals surface area (Å²) in [5, 5.41) is 3.26. The molecule has 3 nitrogen and oxygen atoms in total. The summed E-state index contributed by atoms with van der Waals surface area (Å²) in [6.07, 6.45) is 3.69. The van der Waals surface area contributed by atoms with Crippen LogP contribution in [0.2, 0.25) is 0 Å². The van der Waals surface area contributed by atoms with Crippen molar-refractivity contribution in [2.45, 2.75) is 19.8 Å². The Kier molecular flexibility index (Phi) is 2.97. The smallest absolute Gasteiger partial charge is 0.123 e. The largest absolute Gasteiger partial charge is 0.384 e. The van der Waals surface area contributed by atoms with Crippen LogP contribution in [0.3, 0.4) is 0 Å². The lowest BCUT2D eigenvalue weighted by atomic mass is 10.1. The van der Waals surface area contributed by atoms with Gasteiger partial charge in [-0.05, 0) is 31.0 Å². The fraction of sp³-hybridized carbons (Fsp3) is 0.273. The number of rotatable bonds is 3. The van der Waals surface area contributed by atoms with Gasteiger partial charge in [0.2, 0.25) is 0 Å². The third-order valence-electron chi connectivity index (χ3n) is 2.14. The van der Waals surface area contributed by atoms with Crippen LogP contribution in [0.1, 0.15) is 16.3 Å². The first-order chi connectivity index (χ1) is 7.24. The number of anilines is 1. The van der Waals surface area contributed by atoms with Crippen molar-refractivity contribution in [1.82, 2.24) is 9.97 Å². The zero-order valence-electron chi connectivity index (χ0n) is 8.60. The van der Waals surface area contributed by atoms with Crippen LogP contribution in [0, 0.1) is 6.92 Å². The third kappa shape index (κ3) is 2.76. The molecule has 0 saturated heterocycles. The molecule has 0 atom stereocenters. The Morgan fingerprint density at radius 3 is 2.93 bits per heavy atom. The summed E-state index contributed by atoms with van der Waals surface area (Å²) in [5.41, 5.74) is 7.93. The number of nitrogens with two attached hydrogens (primary N) is 1. The number of nitrogens with zero attached hydrogens (tertiary/aromatic N) is 2. The molecule has 0 aliphatic heterocycles. The van der Waals surface area contributed by atoms with Gasteiger partial charge in [0.25, 0.3) is 0 Å². The van der Waals surface area contributed by atoms with Gasteiger partial charge in [0.05, 0.1) is 5.01 Å². The van der Waals surface area contributed by atoms with E-state index in [2.05, 4.69) is 15.3 Å². The molecule has 0 aliphatic carbocycles. The number of hydrogen-bond donors (Lipinski definition) is 1. The van der Waals surface area contributed by atoms with Crippen molar-refractivity contribution in [3.05, 3.63) is 40.0 Å². The molecular weight excluding hydrogens is 206 g/mol. The second-order valence-corrected chi connectivity index (χ2v) is 4.41. The summed E-state index contributed by atoms with van der Waals surface area (Å²) >= 11 is 1.72. The van der Waals surface area contributed by atoms with Crippen molar-refractivity contribution in [3.63, 3.8) is 0 Å². The monoisotopic (exact) mass is 219 g/mol. The number of aromatic nitrogens is 2. The van der Waals surface area contributed by atoms with Gasteiger partial charge in [0.1, 0.15) is 5.82 Å². The van der Waals surface area contributed by atoms with E-state index in [1.807, 2.05) is 19.1 Å². The van der Waals surface area contributed by atoms with Crippen LogP contribution in [-0.2, 0) is 12.8 Å². The highest BCUT2D eigenvalue weighted by molar-refractivity contribution is 7.09. The van der Waals surface area contributed by atoms with E-state index in [4.69, 9.17) is 5.73 Å². The van der Waals surface area contributed by atoms with E-state index in [1.165, 1.54) is 10.6 Å². The van der Waals surface area contributed by atoms with E-state index in [1.54, 1.807) is 17.5 Å². The van der Waals surface area contributed by atoms with E-state index in [0.717, 1.165) is 18.5 Å². The molecule has 0 spiro atoms. The van der Waals surface area contributed by atoms with Gasteiger partial charge < -0.3 is 5.73 Å². The van der Waals surface area contributed by atoms with Crippen molar-refractivity contribution in [2.24, 2.45) is 0 Å². The van der Waals surface area contributed by atoms with Gasteiger partial charge in [-0.2, -0.15) is 0 Å². The molecule has 2 aromatic rings. The molecule has 78 valence electrons. The molecule has 2 N–H and O–H groups in total. The fourth-order valence-corrected chi connectivity index (χ4v) is 2.19. The maximum atomic E-state index is 5.61. The number of hydrogen-bond acceptors (Lipinski definition) is 4. The van der Waals surface area contributed by atoms with Crippen LogP contribution >= 0.6 is 11.3 Å². The molecule has 0 bridgehead atoms. The average Bonchev–Trinajstić information content (AvgIpc) is 2.62. The lowest BCUT2D eigenvalue weighted by Gasteiger charge is -1.99. The summed E-state index contributed by atoms with van der Waals surface area (Å²) in [6, 6.07) is 3.91. The first-order valence-electron chi connectivity index (χ1n) is 4.85. The Morgan fingerprint density at radius 1 is 1.40 bits per heavy atom. The molecule has 15 heavy (non-hydrogen) atoms. The van der Waals surface area contributed by atoms with Crippen LogP contribution in [0.25, 0.3) is 0 Å². The van der Waals surface area contributed by atoms with E-state index < -0.39 is 0 Å². The normalized spacial score (nSPS) is 10.5. The van der Waals surface area contributed by atoms with Crippen molar-refractivity contribution in [2.75, 3.05) is 5.73 Å². The van der Waals surface area contributed by atoms with Crippen LogP contribution in [-0.4, -0.2) is 9.97 Å². The lowest BCUT2D eigenvalue weighted by molar-refractivity contribution is 0.934. The highest BCUT2D eigenvalue weighted by Gasteiger charge is 2.00. The molecule has 0 aromatic carbocycles. The molecule has 0 aliphatic rings. The zero-order chi connectivity index (χ0) is 10.7. The van der Waals surface area contributed by atoms with Gasteiger partial charge in [-0.15, -0.1) is 11.3 Å². The highest BCUT2D eigenvalue weighted by Crippen LogP contribution is 2.12. The summed E-state index contributed by atoms with van der Waals surface area (Å²) in [6.45, 7) is 2.02. The predicted molar refractivity (Wildman–Crippen MR) is 62.9 cm³/mol. The molecule has 2 aromatic heterocycles. The molecular formula is C11H13N3S. The van der Waals surface area contributed by atoms with Crippen molar-refractivity contribution in [3.8, 4) is 0 Å². The summed E-state index contributed by atoms with van der Waals surface area (Å²) < 4.78 is 0. The van der Waals surface area contributed by atoms with Crippen LogP contribution in [0.15, 0.2) is 23.7 Å². The minimum absolute atomic E-state index is 0.586. The van der Waals surface area contributed by atoms with Gasteiger partial charge in [-0.25, -0.2) is 9.97 Å². The highest BCUT2D eigenvalue weighted by atomic mass is 32.1. The summed E-state index contributed by atoms with van der Waals surface area (Å²) in [4.78, 5) is 8.38. The maximum absolute atomic E-state index is 5.61. The number of pyridine rings is 1. The van der Waals surface area contributed by atoms with Crippen molar-refractivity contribution < 1.29 is 0 Å². The topological polar surface area (TPSA) is 51.8 Å². The molecule has 0 saturated carbocycles. The molecule has 4 heteroatoms. The Balaban J connectivity index is 1.99. The van der Waals surface area contributed by atoms with Crippen LogP contribution < -0.4 is 5.73 Å². The van der Waals surface area contributed by atoms with E-state index in [-0.39, 0.29) is 0 Å². The molecule has 0 fully saturated rings. The first kappa shape index (κ1) is 10.1. The maximum Gasteiger partial charge on any atom is 0.123 e. The van der Waals surface area contributed by atoms with E-state index >= 15 is 0 Å². The zero-order valence-corrected chi connectivity index (χ0v) is 9.42. The molecule has 0 unspecified atom stereocenters. The summed E-state index contributed by atoms with van der Waals surface area (Å²) in [7, 11) is 0. The van der Waals surface area contributed by atoms with Gasteiger partial charge >= 0.3 is 0 Å². The Hall–Kier alpha value is -1.42. The van der Waals surface area contributed by atoms with Gasteiger partial charge in [-0.1, -0.05) is 0 Å². The quantitative estimate of drug-likeness (QED) is 0.861. The minimum Gasteiger partial charge on any atom is -0.384 e. The Labute approximate surface area is 93.0 Å². The molecule has 0 amide bonds. The second kappa shape index (κ2) is 4.40. The third-order valence-corrected chi connectivity index (χ3v) is 3.17. The SMILES string of the molecule is Cc1csc(CCc2ccnc(N)c2)n1. The Morgan fingerprint density at radius 2 is 2.27 bits per heavy atom. The number of thiazole rings is 1. The van der Waals surface area contributed by atoms with Gasteiger partial charge in [0.15, 0.2) is 0 Å². The van der Waals surface area contributed by atoms with Gasteiger partial charge in [0, 0.05) is 23.7 Å². The predicted octanol–water partition coefficient (Wildman–Crippen LogP) is 2.21. The van der Waals surface area contributed by atoms with Crippen LogP contribution in [0.4, 0.5) is 5.82 Å². The summed E-state index contributed by atoms with van der Waals surface area (Å²) in [5.74, 6) is 0.586. The standard InChI is InChI=1S/C11H13N3S/c1-8-7-15-11(14-8)3-2-9-4-5-13-10(12)6-9/h4-7H,2-3H2,1H3,(H2,12,13). The van der Waals surface area contributed by atoms with Crippen LogP contribution in [0.5, 0.6) is 0 Å². The van der Waals surface area contributed by atoms with Crippen molar-refractivity contribution >= 4 is 17.2 Å². The molecule has 2 heterocycles. The van der Waals surface area contributed by atoms with Crippen molar-refractivity contribution in [1.29, 1.82) is 0 Å². The number of nitrogen functional groups attached to an aromatic ring is 1. The Bertz CT molecular complexity index is 451. The fourth-order valence-electron chi connectivity index (χ4n) is 1.42. The van der Waals surface area contributed by atoms with E-state index in [9.17, 15) is 0 Å². The molecule has 2 rings (SSSR count).